The van der Waals surface area contributed by atoms with E-state index in [9.17, 15) is 8.42 Å². The maximum absolute atomic E-state index is 12.9. The Balaban J connectivity index is 2.07. The number of ether oxygens (including phenoxy) is 1. The van der Waals surface area contributed by atoms with Crippen LogP contribution >= 0.6 is 15.9 Å². The maximum atomic E-state index is 12.9. The molecule has 0 radical (unpaired) electrons. The van der Waals surface area contributed by atoms with Crippen LogP contribution in [0.25, 0.3) is 0 Å². The molecule has 0 aliphatic carbocycles. The van der Waals surface area contributed by atoms with Crippen LogP contribution < -0.4 is 20.7 Å². The van der Waals surface area contributed by atoms with E-state index in [1.54, 1.807) is 42.5 Å². The molecular weight excluding hydrogens is 448 g/mol. The average molecular weight is 471 g/mol. The molecule has 0 saturated heterocycles. The van der Waals surface area contributed by atoms with Crippen LogP contribution in [0.15, 0.2) is 51.8 Å². The van der Waals surface area contributed by atoms with Crippen LogP contribution in [0.5, 0.6) is 5.75 Å². The van der Waals surface area contributed by atoms with Crippen molar-refractivity contribution >= 4 is 37.6 Å². The lowest BCUT2D eigenvalue weighted by molar-refractivity contribution is 0.0734. The summed E-state index contributed by atoms with van der Waals surface area (Å²) in [7, 11) is -3.77. The van der Waals surface area contributed by atoms with Gasteiger partial charge in [-0.2, -0.15) is 0 Å². The van der Waals surface area contributed by atoms with Gasteiger partial charge in [0.25, 0.3) is 10.0 Å². The van der Waals surface area contributed by atoms with Crippen molar-refractivity contribution < 1.29 is 18.0 Å². The van der Waals surface area contributed by atoms with Gasteiger partial charge < -0.3 is 10.5 Å². The van der Waals surface area contributed by atoms with Crippen molar-refractivity contribution in [2.24, 2.45) is 5.73 Å². The third kappa shape index (κ3) is 6.39. The van der Waals surface area contributed by atoms with E-state index >= 15 is 0 Å². The highest BCUT2D eigenvalue weighted by atomic mass is 79.9. The number of aryl methyl sites for hydroxylation is 1. The van der Waals surface area contributed by atoms with Crippen LogP contribution in [0.3, 0.4) is 0 Å². The zero-order valence-electron chi connectivity index (χ0n) is 15.4. The molecule has 0 aliphatic heterocycles. The lowest BCUT2D eigenvalue weighted by Crippen LogP contribution is -2.30. The lowest BCUT2D eigenvalue weighted by atomic mass is 10.2. The summed E-state index contributed by atoms with van der Waals surface area (Å²) in [6.07, 6.45) is 1.11. The Morgan fingerprint density at radius 2 is 1.96 bits per heavy atom. The van der Waals surface area contributed by atoms with Gasteiger partial charge in [0, 0.05) is 10.9 Å². The quantitative estimate of drug-likeness (QED) is 0.183. The second kappa shape index (κ2) is 10.3. The Kier molecular flexibility index (Phi) is 8.09. The number of guanidine groups is 1. The van der Waals surface area contributed by atoms with Gasteiger partial charge in [-0.05, 0) is 42.3 Å². The largest absolute Gasteiger partial charge is 0.491 e. The van der Waals surface area contributed by atoms with Gasteiger partial charge in [0.2, 0.25) is 5.96 Å². The van der Waals surface area contributed by atoms with Crippen LogP contribution in [-0.2, 0) is 21.3 Å². The number of hydroxylamine groups is 1. The van der Waals surface area contributed by atoms with Crippen molar-refractivity contribution in [2.45, 2.75) is 24.7 Å². The van der Waals surface area contributed by atoms with Crippen molar-refractivity contribution in [3.05, 3.63) is 52.5 Å². The second-order valence-electron chi connectivity index (χ2n) is 5.77. The summed E-state index contributed by atoms with van der Waals surface area (Å²) in [5, 5.41) is 6.98. The Morgan fingerprint density at radius 1 is 1.21 bits per heavy atom. The van der Waals surface area contributed by atoms with Crippen LogP contribution in [0.1, 0.15) is 18.9 Å². The first-order chi connectivity index (χ1) is 13.3. The van der Waals surface area contributed by atoms with Crippen LogP contribution in [0.4, 0.5) is 5.69 Å². The molecule has 28 heavy (non-hydrogen) atoms. The highest BCUT2D eigenvalue weighted by molar-refractivity contribution is 9.10. The van der Waals surface area contributed by atoms with Crippen molar-refractivity contribution in [3.8, 4) is 5.75 Å². The second-order valence-corrected chi connectivity index (χ2v) is 8.34. The Labute approximate surface area is 173 Å². The third-order valence-electron chi connectivity index (χ3n) is 3.65. The highest BCUT2D eigenvalue weighted by Gasteiger charge is 2.19. The molecule has 2 rings (SSSR count). The molecule has 10 heteroatoms. The molecule has 0 heterocycles. The molecule has 0 bridgehead atoms. The minimum absolute atomic E-state index is 0.233. The average Bonchev–Trinajstić information content (AvgIpc) is 2.65. The van der Waals surface area contributed by atoms with E-state index < -0.39 is 10.0 Å². The predicted octanol–water partition coefficient (Wildman–Crippen LogP) is 3.00. The van der Waals surface area contributed by atoms with E-state index in [0.29, 0.717) is 30.9 Å². The molecule has 0 amide bonds. The van der Waals surface area contributed by atoms with Gasteiger partial charge in [0.1, 0.15) is 5.75 Å². The maximum Gasteiger partial charge on any atom is 0.262 e. The third-order valence-corrected chi connectivity index (χ3v) is 5.61. The Bertz CT molecular complexity index is 922. The normalized spacial score (nSPS) is 11.1. The predicted molar refractivity (Wildman–Crippen MR) is 112 cm³/mol. The monoisotopic (exact) mass is 470 g/mol. The molecule has 0 fully saturated rings. The van der Waals surface area contributed by atoms with E-state index in [4.69, 9.17) is 20.7 Å². The summed E-state index contributed by atoms with van der Waals surface area (Å²) >= 11 is 3.37. The van der Waals surface area contributed by atoms with Crippen molar-refractivity contribution in [2.75, 3.05) is 17.9 Å². The molecule has 0 aromatic heterocycles. The standard InChI is InChI=1S/C18H23BrN4O4S/c1-2-13-12-14(19)8-9-17(13)28(24,25)23-15-6-3-4-7-16(15)26-10-5-11-27-22-18(20)21/h3-4,6-9,12,23H,2,5,10-11H2,1H3,(H4,20,21,22). The van der Waals surface area contributed by atoms with Gasteiger partial charge in [0.05, 0.1) is 23.8 Å². The minimum Gasteiger partial charge on any atom is -0.491 e. The number of hydrogen-bond donors (Lipinski definition) is 4. The van der Waals surface area contributed by atoms with Crippen molar-refractivity contribution in [1.82, 2.24) is 5.48 Å². The summed E-state index contributed by atoms with van der Waals surface area (Å²) in [5.41, 5.74) is 8.41. The number of halogens is 1. The fraction of sp³-hybridized carbons (Fsp3) is 0.278. The van der Waals surface area contributed by atoms with Crippen molar-refractivity contribution in [3.63, 3.8) is 0 Å². The smallest absolute Gasteiger partial charge is 0.262 e. The molecule has 0 atom stereocenters. The molecule has 0 saturated carbocycles. The van der Waals surface area contributed by atoms with Gasteiger partial charge in [-0.15, -0.1) is 0 Å². The zero-order chi connectivity index (χ0) is 20.6. The molecule has 0 aliphatic rings. The number of sulfonamides is 1. The lowest BCUT2D eigenvalue weighted by Gasteiger charge is -2.15. The van der Waals surface area contributed by atoms with Crippen LogP contribution in [0, 0.1) is 5.41 Å². The summed E-state index contributed by atoms with van der Waals surface area (Å²) in [4.78, 5) is 5.18. The molecular formula is C18H23BrN4O4S. The molecule has 152 valence electrons. The number of benzene rings is 2. The van der Waals surface area contributed by atoms with E-state index in [-0.39, 0.29) is 17.5 Å². The van der Waals surface area contributed by atoms with Crippen LogP contribution in [-0.4, -0.2) is 27.6 Å². The molecule has 5 N–H and O–H groups in total. The first kappa shape index (κ1) is 22.0. The van der Waals surface area contributed by atoms with Gasteiger partial charge in [-0.25, -0.2) is 13.9 Å². The fourth-order valence-electron chi connectivity index (χ4n) is 2.41. The summed E-state index contributed by atoms with van der Waals surface area (Å²) in [6.45, 7) is 2.49. The molecule has 0 unspecified atom stereocenters. The highest BCUT2D eigenvalue weighted by Crippen LogP contribution is 2.29. The van der Waals surface area contributed by atoms with Crippen LogP contribution in [0.2, 0.25) is 0 Å². The molecule has 2 aromatic rings. The van der Waals surface area contributed by atoms with E-state index in [0.717, 1.165) is 10.0 Å². The van der Waals surface area contributed by atoms with Gasteiger partial charge in [-0.1, -0.05) is 35.0 Å². The fourth-order valence-corrected chi connectivity index (χ4v) is 4.18. The van der Waals surface area contributed by atoms with Gasteiger partial charge in [-0.3, -0.25) is 15.0 Å². The zero-order valence-corrected chi connectivity index (χ0v) is 17.8. The Morgan fingerprint density at radius 3 is 2.68 bits per heavy atom. The SMILES string of the molecule is CCc1cc(Br)ccc1S(=O)(=O)Nc1ccccc1OCCCONC(=N)N. The Hall–Kier alpha value is -2.30. The first-order valence-electron chi connectivity index (χ1n) is 8.58. The number of hydrogen-bond acceptors (Lipinski definition) is 5. The topological polar surface area (TPSA) is 127 Å². The summed E-state index contributed by atoms with van der Waals surface area (Å²) < 4.78 is 34.9. The number of nitrogens with two attached hydrogens (primary N) is 1. The minimum atomic E-state index is -3.77. The summed E-state index contributed by atoms with van der Waals surface area (Å²) in [6, 6.07) is 11.9. The number of rotatable bonds is 10. The first-order valence-corrected chi connectivity index (χ1v) is 10.9. The molecule has 0 spiro atoms. The number of anilines is 1. The number of nitrogens with one attached hydrogen (secondary N) is 3. The van der Waals surface area contributed by atoms with Gasteiger partial charge in [0.15, 0.2) is 0 Å². The molecule has 2 aromatic carbocycles. The van der Waals surface area contributed by atoms with E-state index in [2.05, 4.69) is 26.1 Å². The molecule has 8 nitrogen and oxygen atoms in total. The van der Waals surface area contributed by atoms with Gasteiger partial charge >= 0.3 is 0 Å². The summed E-state index contributed by atoms with van der Waals surface area (Å²) in [5.74, 6) is 0.140. The van der Waals surface area contributed by atoms with Crippen molar-refractivity contribution in [1.29, 1.82) is 5.41 Å². The van der Waals surface area contributed by atoms with E-state index in [1.165, 1.54) is 0 Å². The number of para-hydroxylation sites is 2. The van der Waals surface area contributed by atoms with E-state index in [1.807, 2.05) is 6.92 Å².